The molecule has 0 aliphatic carbocycles. The smallest absolute Gasteiger partial charge is 0.261 e. The molecule has 4 heteroatoms. The standard InChI is InChI=1S/C20H20N2O2/c1-14-11-16(13-21(14)12-15-7-3-2-4-8-15)22-19(23)17-9-5-6-10-18(17)20(22)24/h2-10,14,16H,11-13H2,1H3/t14-,16?/m0/s1. The first-order valence-electron chi connectivity index (χ1n) is 8.40. The van der Waals surface area contributed by atoms with E-state index in [0.717, 1.165) is 19.5 Å². The molecule has 1 fully saturated rings. The summed E-state index contributed by atoms with van der Waals surface area (Å²) < 4.78 is 0. The Morgan fingerprint density at radius 2 is 1.50 bits per heavy atom. The number of nitrogens with zero attached hydrogens (tertiary/aromatic N) is 2. The molecule has 2 aromatic rings. The van der Waals surface area contributed by atoms with E-state index in [0.29, 0.717) is 17.2 Å². The van der Waals surface area contributed by atoms with Crippen molar-refractivity contribution in [2.24, 2.45) is 0 Å². The predicted octanol–water partition coefficient (Wildman–Crippen LogP) is 2.95. The molecule has 2 aliphatic heterocycles. The van der Waals surface area contributed by atoms with E-state index in [-0.39, 0.29) is 17.9 Å². The van der Waals surface area contributed by atoms with E-state index in [4.69, 9.17) is 0 Å². The van der Waals surface area contributed by atoms with Crippen LogP contribution in [0.3, 0.4) is 0 Å². The predicted molar refractivity (Wildman–Crippen MR) is 91.7 cm³/mol. The van der Waals surface area contributed by atoms with Crippen LogP contribution < -0.4 is 0 Å². The normalized spacial score (nSPS) is 23.8. The molecule has 24 heavy (non-hydrogen) atoms. The minimum absolute atomic E-state index is 0.0453. The van der Waals surface area contributed by atoms with E-state index in [2.05, 4.69) is 24.0 Å². The van der Waals surface area contributed by atoms with Gasteiger partial charge in [-0.3, -0.25) is 19.4 Å². The molecule has 0 N–H and O–H groups in total. The average molecular weight is 320 g/mol. The monoisotopic (exact) mass is 320 g/mol. The minimum atomic E-state index is -0.144. The topological polar surface area (TPSA) is 40.6 Å². The molecule has 122 valence electrons. The summed E-state index contributed by atoms with van der Waals surface area (Å²) in [5, 5.41) is 0. The third-order valence-corrected chi connectivity index (χ3v) is 5.10. The van der Waals surface area contributed by atoms with Gasteiger partial charge in [0.1, 0.15) is 0 Å². The first-order chi connectivity index (χ1) is 11.6. The number of hydrogen-bond donors (Lipinski definition) is 0. The molecule has 2 aromatic carbocycles. The molecule has 0 saturated carbocycles. The fraction of sp³-hybridized carbons (Fsp3) is 0.300. The summed E-state index contributed by atoms with van der Waals surface area (Å²) in [6.07, 6.45) is 0.832. The summed E-state index contributed by atoms with van der Waals surface area (Å²) >= 11 is 0. The summed E-state index contributed by atoms with van der Waals surface area (Å²) in [7, 11) is 0. The molecule has 0 spiro atoms. The molecule has 0 bridgehead atoms. The van der Waals surface area contributed by atoms with Gasteiger partial charge in [0.2, 0.25) is 0 Å². The summed E-state index contributed by atoms with van der Waals surface area (Å²) in [6, 6.07) is 17.7. The molecule has 4 nitrogen and oxygen atoms in total. The van der Waals surface area contributed by atoms with Crippen molar-refractivity contribution in [3.8, 4) is 0 Å². The number of likely N-dealkylation sites (tertiary alicyclic amines) is 1. The van der Waals surface area contributed by atoms with Crippen LogP contribution in [-0.2, 0) is 6.54 Å². The van der Waals surface area contributed by atoms with Crippen molar-refractivity contribution in [3.63, 3.8) is 0 Å². The van der Waals surface area contributed by atoms with E-state index in [1.165, 1.54) is 10.5 Å². The second-order valence-corrected chi connectivity index (χ2v) is 6.68. The van der Waals surface area contributed by atoms with Crippen molar-refractivity contribution in [1.29, 1.82) is 0 Å². The van der Waals surface area contributed by atoms with Crippen LogP contribution in [0.2, 0.25) is 0 Å². The molecule has 2 heterocycles. The van der Waals surface area contributed by atoms with Gasteiger partial charge in [-0.05, 0) is 31.0 Å². The third kappa shape index (κ3) is 2.43. The number of amides is 2. The van der Waals surface area contributed by atoms with Crippen LogP contribution in [0.4, 0.5) is 0 Å². The Bertz CT molecular complexity index is 752. The van der Waals surface area contributed by atoms with Crippen LogP contribution in [0.15, 0.2) is 54.6 Å². The zero-order chi connectivity index (χ0) is 16.7. The number of carbonyl (C=O) groups excluding carboxylic acids is 2. The molecule has 4 rings (SSSR count). The van der Waals surface area contributed by atoms with E-state index in [9.17, 15) is 9.59 Å². The summed E-state index contributed by atoms with van der Waals surface area (Å²) in [4.78, 5) is 29.1. The number of carbonyl (C=O) groups is 2. The average Bonchev–Trinajstić information content (AvgIpc) is 3.07. The highest BCUT2D eigenvalue weighted by atomic mass is 16.2. The van der Waals surface area contributed by atoms with Gasteiger partial charge >= 0.3 is 0 Å². The van der Waals surface area contributed by atoms with Gasteiger partial charge in [-0.15, -0.1) is 0 Å². The Hall–Kier alpha value is -2.46. The Morgan fingerprint density at radius 3 is 2.12 bits per heavy atom. The zero-order valence-electron chi connectivity index (χ0n) is 13.7. The fourth-order valence-corrected chi connectivity index (χ4v) is 3.83. The Labute approximate surface area is 141 Å². The van der Waals surface area contributed by atoms with E-state index >= 15 is 0 Å². The van der Waals surface area contributed by atoms with Crippen molar-refractivity contribution in [1.82, 2.24) is 9.80 Å². The fourth-order valence-electron chi connectivity index (χ4n) is 3.83. The van der Waals surface area contributed by atoms with E-state index < -0.39 is 0 Å². The van der Waals surface area contributed by atoms with E-state index in [1.807, 2.05) is 30.3 Å². The zero-order valence-corrected chi connectivity index (χ0v) is 13.7. The van der Waals surface area contributed by atoms with Crippen molar-refractivity contribution in [2.45, 2.75) is 32.0 Å². The third-order valence-electron chi connectivity index (χ3n) is 5.10. The highest BCUT2D eigenvalue weighted by Crippen LogP contribution is 2.30. The Balaban J connectivity index is 1.53. The highest BCUT2D eigenvalue weighted by Gasteiger charge is 2.43. The number of fused-ring (bicyclic) bond motifs is 1. The van der Waals surface area contributed by atoms with Gasteiger partial charge in [-0.1, -0.05) is 42.5 Å². The first kappa shape index (κ1) is 15.1. The van der Waals surface area contributed by atoms with Crippen molar-refractivity contribution < 1.29 is 9.59 Å². The summed E-state index contributed by atoms with van der Waals surface area (Å²) in [5.41, 5.74) is 2.33. The lowest BCUT2D eigenvalue weighted by Gasteiger charge is -2.23. The van der Waals surface area contributed by atoms with Crippen LogP contribution in [0.1, 0.15) is 39.6 Å². The van der Waals surface area contributed by atoms with Gasteiger partial charge in [-0.25, -0.2) is 0 Å². The molecular weight excluding hydrogens is 300 g/mol. The highest BCUT2D eigenvalue weighted by molar-refractivity contribution is 6.21. The minimum Gasteiger partial charge on any atom is -0.294 e. The first-order valence-corrected chi connectivity index (χ1v) is 8.40. The van der Waals surface area contributed by atoms with Crippen LogP contribution in [0.5, 0.6) is 0 Å². The maximum atomic E-state index is 12.7. The van der Waals surface area contributed by atoms with Gasteiger partial charge in [-0.2, -0.15) is 0 Å². The Morgan fingerprint density at radius 1 is 0.917 bits per heavy atom. The van der Waals surface area contributed by atoms with Crippen molar-refractivity contribution in [2.75, 3.05) is 6.54 Å². The lowest BCUT2D eigenvalue weighted by Crippen LogP contribution is -2.41. The molecule has 2 atom stereocenters. The lowest BCUT2D eigenvalue weighted by atomic mass is 10.1. The van der Waals surface area contributed by atoms with Gasteiger partial charge in [0.05, 0.1) is 17.2 Å². The molecule has 0 aromatic heterocycles. The molecular formula is C20H20N2O2. The number of rotatable bonds is 3. The lowest BCUT2D eigenvalue weighted by molar-refractivity contribution is 0.0588. The van der Waals surface area contributed by atoms with Gasteiger partial charge in [0.15, 0.2) is 0 Å². The summed E-state index contributed by atoms with van der Waals surface area (Å²) in [6.45, 7) is 3.75. The molecule has 2 amide bonds. The largest absolute Gasteiger partial charge is 0.294 e. The SMILES string of the molecule is C[C@H]1CC(N2C(=O)c3ccccc3C2=O)CN1Cc1ccccc1. The van der Waals surface area contributed by atoms with Gasteiger partial charge in [0, 0.05) is 19.1 Å². The molecule has 1 unspecified atom stereocenters. The molecule has 2 aliphatic rings. The number of imide groups is 1. The summed E-state index contributed by atoms with van der Waals surface area (Å²) in [5.74, 6) is -0.288. The van der Waals surface area contributed by atoms with Gasteiger partial charge in [0.25, 0.3) is 11.8 Å². The number of benzene rings is 2. The quantitative estimate of drug-likeness (QED) is 0.817. The van der Waals surface area contributed by atoms with Crippen molar-refractivity contribution >= 4 is 11.8 Å². The van der Waals surface area contributed by atoms with E-state index in [1.54, 1.807) is 12.1 Å². The maximum absolute atomic E-state index is 12.7. The van der Waals surface area contributed by atoms with Gasteiger partial charge < -0.3 is 0 Å². The number of hydrogen-bond acceptors (Lipinski definition) is 3. The Kier molecular flexibility index (Phi) is 3.69. The van der Waals surface area contributed by atoms with Crippen LogP contribution >= 0.6 is 0 Å². The molecule has 0 radical (unpaired) electrons. The van der Waals surface area contributed by atoms with Crippen LogP contribution in [0.25, 0.3) is 0 Å². The second kappa shape index (κ2) is 5.87. The van der Waals surface area contributed by atoms with Crippen molar-refractivity contribution in [3.05, 3.63) is 71.3 Å². The van der Waals surface area contributed by atoms with Crippen LogP contribution in [-0.4, -0.2) is 40.2 Å². The second-order valence-electron chi connectivity index (χ2n) is 6.68. The van der Waals surface area contributed by atoms with Crippen LogP contribution in [0, 0.1) is 0 Å². The molecule has 1 saturated heterocycles. The maximum Gasteiger partial charge on any atom is 0.261 e.